The summed E-state index contributed by atoms with van der Waals surface area (Å²) in [4.78, 5) is 14.3. The Kier molecular flexibility index (Phi) is 3.14. The van der Waals surface area contributed by atoms with Crippen LogP contribution in [0.2, 0.25) is 0 Å². The van der Waals surface area contributed by atoms with Crippen molar-refractivity contribution in [3.63, 3.8) is 0 Å². The molecule has 3 aliphatic heterocycles. The molecule has 4 aliphatic rings. The van der Waals surface area contributed by atoms with Crippen LogP contribution < -0.4 is 0 Å². The summed E-state index contributed by atoms with van der Waals surface area (Å²) in [6.45, 7) is 14.4. The lowest BCUT2D eigenvalue weighted by Gasteiger charge is -2.07. The summed E-state index contributed by atoms with van der Waals surface area (Å²) in [6.07, 6.45) is 0. The summed E-state index contributed by atoms with van der Waals surface area (Å²) in [7, 11) is 0. The van der Waals surface area contributed by atoms with Gasteiger partial charge < -0.3 is 14.2 Å². The Hall–Kier alpha value is -1.59. The van der Waals surface area contributed by atoms with Crippen LogP contribution in [0.1, 0.15) is 41.5 Å². The first-order valence-electron chi connectivity index (χ1n) is 8.75. The normalized spacial score (nSPS) is 37.8. The Labute approximate surface area is 143 Å². The van der Waals surface area contributed by atoms with Crippen molar-refractivity contribution in [3.8, 4) is 0 Å². The average Bonchev–Trinajstić information content (AvgIpc) is 2.70. The van der Waals surface area contributed by atoms with Crippen LogP contribution in [0.15, 0.2) is 15.0 Å². The number of rotatable bonds is 3. The summed E-state index contributed by atoms with van der Waals surface area (Å²) in [5.74, 6) is 2.82. The second-order valence-corrected chi connectivity index (χ2v) is 9.23. The molecule has 24 heavy (non-hydrogen) atoms. The molecular weight excluding hydrogens is 306 g/mol. The number of nitrogens with zero attached hydrogens (tertiary/aromatic N) is 3. The van der Waals surface area contributed by atoms with E-state index in [0.717, 1.165) is 17.7 Å². The van der Waals surface area contributed by atoms with Gasteiger partial charge in [0.05, 0.1) is 34.4 Å². The molecule has 0 amide bonds. The van der Waals surface area contributed by atoms with Crippen LogP contribution in [0.5, 0.6) is 0 Å². The molecule has 0 aromatic carbocycles. The highest BCUT2D eigenvalue weighted by Crippen LogP contribution is 2.53. The van der Waals surface area contributed by atoms with E-state index >= 15 is 0 Å². The first-order chi connectivity index (χ1) is 11.1. The smallest absolute Gasteiger partial charge is 0.188 e. The van der Waals surface area contributed by atoms with Gasteiger partial charge in [0.15, 0.2) is 17.7 Å². The van der Waals surface area contributed by atoms with E-state index in [4.69, 9.17) is 29.2 Å². The van der Waals surface area contributed by atoms with E-state index in [2.05, 4.69) is 41.5 Å². The molecule has 0 radical (unpaired) electrons. The average molecular weight is 333 g/mol. The van der Waals surface area contributed by atoms with Crippen molar-refractivity contribution in [3.05, 3.63) is 0 Å². The van der Waals surface area contributed by atoms with Crippen LogP contribution in [0.3, 0.4) is 0 Å². The predicted molar refractivity (Wildman–Crippen MR) is 92.9 cm³/mol. The molecule has 0 saturated heterocycles. The van der Waals surface area contributed by atoms with Gasteiger partial charge in [-0.15, -0.1) is 0 Å². The molecular formula is C18H27N3O3. The monoisotopic (exact) mass is 333 g/mol. The van der Waals surface area contributed by atoms with Crippen LogP contribution in [-0.2, 0) is 14.2 Å². The second-order valence-electron chi connectivity index (χ2n) is 9.23. The summed E-state index contributed by atoms with van der Waals surface area (Å²) >= 11 is 0. The van der Waals surface area contributed by atoms with E-state index in [-0.39, 0.29) is 34.4 Å². The van der Waals surface area contributed by atoms with Crippen molar-refractivity contribution >= 4 is 17.7 Å². The Balaban J connectivity index is 1.64. The standard InChI is InChI=1S/C18H27N3O3/c1-16(2)7-22-13(19-16)10-11(14-20-17(3,4)8-23-14)12(10)15-21-18(5,6)9-24-15/h10-12H,7-9H2,1-6H3. The summed E-state index contributed by atoms with van der Waals surface area (Å²) < 4.78 is 17.7. The van der Waals surface area contributed by atoms with Gasteiger partial charge in [0.1, 0.15) is 19.8 Å². The fourth-order valence-electron chi connectivity index (χ4n) is 3.59. The van der Waals surface area contributed by atoms with Gasteiger partial charge in [-0.2, -0.15) is 0 Å². The first kappa shape index (κ1) is 15.9. The van der Waals surface area contributed by atoms with Gasteiger partial charge in [0.2, 0.25) is 0 Å². The maximum absolute atomic E-state index is 5.90. The minimum absolute atomic E-state index is 0.132. The van der Waals surface area contributed by atoms with Crippen LogP contribution in [0.25, 0.3) is 0 Å². The largest absolute Gasteiger partial charge is 0.478 e. The van der Waals surface area contributed by atoms with E-state index in [1.807, 2.05) is 0 Å². The van der Waals surface area contributed by atoms with Gasteiger partial charge in [0, 0.05) is 0 Å². The Morgan fingerprint density at radius 1 is 0.583 bits per heavy atom. The van der Waals surface area contributed by atoms with Gasteiger partial charge >= 0.3 is 0 Å². The van der Waals surface area contributed by atoms with Gasteiger partial charge in [-0.1, -0.05) is 0 Å². The fraction of sp³-hybridized carbons (Fsp3) is 0.833. The first-order valence-corrected chi connectivity index (χ1v) is 8.75. The highest BCUT2D eigenvalue weighted by atomic mass is 16.5. The van der Waals surface area contributed by atoms with Gasteiger partial charge in [-0.05, 0) is 41.5 Å². The molecule has 0 spiro atoms. The van der Waals surface area contributed by atoms with Crippen LogP contribution >= 0.6 is 0 Å². The maximum Gasteiger partial charge on any atom is 0.188 e. The van der Waals surface area contributed by atoms with Crippen molar-refractivity contribution in [2.24, 2.45) is 32.7 Å². The number of aliphatic imine (C=N–C) groups is 3. The molecule has 0 unspecified atom stereocenters. The molecule has 0 N–H and O–H groups in total. The third-order valence-electron chi connectivity index (χ3n) is 4.83. The molecule has 4 rings (SSSR count). The molecule has 0 aromatic heterocycles. The Morgan fingerprint density at radius 2 is 0.833 bits per heavy atom. The van der Waals surface area contributed by atoms with Crippen LogP contribution in [0.4, 0.5) is 0 Å². The predicted octanol–water partition coefficient (Wildman–Crippen LogP) is 2.47. The summed E-state index contributed by atoms with van der Waals surface area (Å²) in [5, 5.41) is 0. The molecule has 0 bridgehead atoms. The lowest BCUT2D eigenvalue weighted by Crippen LogP contribution is -2.17. The molecule has 6 nitrogen and oxygen atoms in total. The van der Waals surface area contributed by atoms with E-state index in [1.165, 1.54) is 0 Å². The van der Waals surface area contributed by atoms with E-state index in [0.29, 0.717) is 19.8 Å². The van der Waals surface area contributed by atoms with Gasteiger partial charge in [-0.25, -0.2) is 15.0 Å². The molecule has 0 atom stereocenters. The quantitative estimate of drug-likeness (QED) is 0.797. The molecule has 6 heteroatoms. The third kappa shape index (κ3) is 2.70. The lowest BCUT2D eigenvalue weighted by atomic mass is 10.1. The highest BCUT2D eigenvalue weighted by Gasteiger charge is 2.64. The topological polar surface area (TPSA) is 64.8 Å². The molecule has 3 heterocycles. The molecule has 1 saturated carbocycles. The molecule has 1 fully saturated rings. The van der Waals surface area contributed by atoms with Gasteiger partial charge in [0.25, 0.3) is 0 Å². The van der Waals surface area contributed by atoms with Crippen LogP contribution in [-0.4, -0.2) is 54.1 Å². The van der Waals surface area contributed by atoms with Crippen molar-refractivity contribution in [2.75, 3.05) is 19.8 Å². The zero-order chi connectivity index (χ0) is 17.3. The second kappa shape index (κ2) is 4.73. The van der Waals surface area contributed by atoms with Crippen molar-refractivity contribution < 1.29 is 14.2 Å². The highest BCUT2D eigenvalue weighted by molar-refractivity contribution is 6.03. The number of hydrogen-bond donors (Lipinski definition) is 0. The summed E-state index contributed by atoms with van der Waals surface area (Å²) in [5.41, 5.74) is -0.493. The third-order valence-corrected chi connectivity index (χ3v) is 4.83. The summed E-state index contributed by atoms with van der Waals surface area (Å²) in [6, 6.07) is 0. The van der Waals surface area contributed by atoms with Crippen molar-refractivity contribution in [2.45, 2.75) is 58.2 Å². The fourth-order valence-corrected chi connectivity index (χ4v) is 3.59. The van der Waals surface area contributed by atoms with E-state index in [1.54, 1.807) is 0 Å². The lowest BCUT2D eigenvalue weighted by molar-refractivity contribution is 0.266. The Bertz CT molecular complexity index is 564. The molecule has 1 aliphatic carbocycles. The van der Waals surface area contributed by atoms with Crippen LogP contribution in [0, 0.1) is 17.8 Å². The molecule has 132 valence electrons. The van der Waals surface area contributed by atoms with E-state index in [9.17, 15) is 0 Å². The maximum atomic E-state index is 5.90. The minimum atomic E-state index is -0.164. The van der Waals surface area contributed by atoms with Crippen molar-refractivity contribution in [1.82, 2.24) is 0 Å². The van der Waals surface area contributed by atoms with Crippen molar-refractivity contribution in [1.29, 1.82) is 0 Å². The molecule has 0 aromatic rings. The zero-order valence-corrected chi connectivity index (χ0v) is 15.4. The SMILES string of the molecule is CC1(C)COC(C2C(C3=NC(C)(C)CO3)C2C2=NC(C)(C)CO2)=N1. The van der Waals surface area contributed by atoms with Gasteiger partial charge in [-0.3, -0.25) is 0 Å². The van der Waals surface area contributed by atoms with E-state index < -0.39 is 0 Å². The minimum Gasteiger partial charge on any atom is -0.478 e. The number of hydrogen-bond acceptors (Lipinski definition) is 6. The Morgan fingerprint density at radius 3 is 1.00 bits per heavy atom. The zero-order valence-electron chi connectivity index (χ0n) is 15.4. The number of ether oxygens (including phenoxy) is 3.